The summed E-state index contributed by atoms with van der Waals surface area (Å²) >= 11 is 12.0. The number of urea groups is 1. The zero-order valence-corrected chi connectivity index (χ0v) is 16.1. The molecule has 7 heteroatoms. The molecular formula is C18H24Cl2N3O2+. The molecule has 1 aromatic rings. The fraction of sp³-hybridized carbons (Fsp3) is 0.556. The van der Waals surface area contributed by atoms with Crippen molar-refractivity contribution in [3.05, 3.63) is 33.8 Å². The Morgan fingerprint density at radius 1 is 1.28 bits per heavy atom. The van der Waals surface area contributed by atoms with Gasteiger partial charge in [0, 0.05) is 5.56 Å². The topological polar surface area (TPSA) is 53.9 Å². The summed E-state index contributed by atoms with van der Waals surface area (Å²) in [5.74, 6) is 0.108. The fourth-order valence-corrected chi connectivity index (χ4v) is 4.28. The first-order valence-corrected chi connectivity index (χ1v) is 9.48. The van der Waals surface area contributed by atoms with Crippen LogP contribution in [0.15, 0.2) is 18.2 Å². The minimum Gasteiger partial charge on any atom is -0.323 e. The molecule has 1 aliphatic carbocycles. The van der Waals surface area contributed by atoms with Crippen LogP contribution in [-0.4, -0.2) is 36.1 Å². The number of nitrogens with one attached hydrogen (secondary N) is 2. The van der Waals surface area contributed by atoms with E-state index in [9.17, 15) is 9.59 Å². The van der Waals surface area contributed by atoms with Gasteiger partial charge in [-0.2, -0.15) is 0 Å². The second-order valence-electron chi connectivity index (χ2n) is 7.32. The molecule has 1 aliphatic heterocycles. The average Bonchev–Trinajstić information content (AvgIpc) is 2.79. The maximum atomic E-state index is 13.0. The number of halogens is 2. The van der Waals surface area contributed by atoms with E-state index < -0.39 is 5.54 Å². The molecule has 5 nitrogen and oxygen atoms in total. The van der Waals surface area contributed by atoms with Crippen molar-refractivity contribution in [1.29, 1.82) is 0 Å². The van der Waals surface area contributed by atoms with Crippen molar-refractivity contribution in [2.75, 3.05) is 13.7 Å². The number of nitrogens with zero attached hydrogens (tertiary/aromatic N) is 1. The summed E-state index contributed by atoms with van der Waals surface area (Å²) in [5.41, 5.74) is 0.318. The number of hydrogen-bond acceptors (Lipinski definition) is 2. The highest BCUT2D eigenvalue weighted by Gasteiger charge is 2.55. The van der Waals surface area contributed by atoms with Crippen molar-refractivity contribution in [2.45, 2.75) is 44.7 Å². The quantitative estimate of drug-likeness (QED) is 0.783. The Morgan fingerprint density at radius 2 is 2.04 bits per heavy atom. The highest BCUT2D eigenvalue weighted by molar-refractivity contribution is 6.42. The minimum absolute atomic E-state index is 0.0711. The Labute approximate surface area is 158 Å². The van der Waals surface area contributed by atoms with E-state index in [1.54, 1.807) is 6.07 Å². The number of imide groups is 1. The molecule has 1 saturated heterocycles. The van der Waals surface area contributed by atoms with Crippen LogP contribution in [0.5, 0.6) is 0 Å². The van der Waals surface area contributed by atoms with E-state index in [-0.39, 0.29) is 17.9 Å². The van der Waals surface area contributed by atoms with Crippen molar-refractivity contribution in [3.63, 3.8) is 0 Å². The van der Waals surface area contributed by atoms with Gasteiger partial charge in [-0.3, -0.25) is 4.79 Å². The van der Waals surface area contributed by atoms with Crippen LogP contribution >= 0.6 is 23.2 Å². The van der Waals surface area contributed by atoms with Crippen molar-refractivity contribution in [1.82, 2.24) is 10.2 Å². The van der Waals surface area contributed by atoms with Crippen molar-refractivity contribution in [3.8, 4) is 0 Å². The van der Waals surface area contributed by atoms with Gasteiger partial charge in [-0.05, 0) is 30.9 Å². The molecule has 3 atom stereocenters. The maximum absolute atomic E-state index is 13.0. The van der Waals surface area contributed by atoms with Gasteiger partial charge in [0.25, 0.3) is 5.91 Å². The predicted octanol–water partition coefficient (Wildman–Crippen LogP) is 2.47. The van der Waals surface area contributed by atoms with Crippen LogP contribution in [0, 0.1) is 5.92 Å². The molecule has 1 heterocycles. The van der Waals surface area contributed by atoms with E-state index in [2.05, 4.69) is 12.2 Å². The number of hydrogen-bond donors (Lipinski definition) is 2. The van der Waals surface area contributed by atoms with Crippen LogP contribution in [0.2, 0.25) is 10.0 Å². The van der Waals surface area contributed by atoms with Crippen molar-refractivity contribution >= 4 is 35.1 Å². The highest BCUT2D eigenvalue weighted by atomic mass is 35.5. The molecule has 3 amide bonds. The van der Waals surface area contributed by atoms with Gasteiger partial charge in [0.2, 0.25) is 0 Å². The Hall–Kier alpha value is -1.30. The SMILES string of the molecule is C[C@@H]1CCCC[C@]12NC(=O)N(C[NH+](C)Cc1ccc(Cl)c(Cl)c1)C2=O. The Morgan fingerprint density at radius 3 is 2.72 bits per heavy atom. The van der Waals surface area contributed by atoms with Crippen molar-refractivity contribution in [2.24, 2.45) is 5.92 Å². The van der Waals surface area contributed by atoms with Crippen LogP contribution in [0.4, 0.5) is 4.79 Å². The molecule has 1 saturated carbocycles. The van der Waals surface area contributed by atoms with E-state index in [1.165, 1.54) is 4.90 Å². The third kappa shape index (κ3) is 3.50. The molecule has 0 aromatic heterocycles. The molecule has 0 radical (unpaired) electrons. The summed E-state index contributed by atoms with van der Waals surface area (Å²) in [6.07, 6.45) is 3.82. The third-order valence-corrected chi connectivity index (χ3v) is 6.16. The summed E-state index contributed by atoms with van der Waals surface area (Å²) in [7, 11) is 1.96. The van der Waals surface area contributed by atoms with Gasteiger partial charge in [-0.1, -0.05) is 49.0 Å². The number of rotatable bonds is 4. The summed E-state index contributed by atoms with van der Waals surface area (Å²) in [6.45, 7) is 3.04. The van der Waals surface area contributed by atoms with Crippen LogP contribution in [0.3, 0.4) is 0 Å². The van der Waals surface area contributed by atoms with E-state index >= 15 is 0 Å². The largest absolute Gasteiger partial charge is 0.329 e. The van der Waals surface area contributed by atoms with Gasteiger partial charge < -0.3 is 10.2 Å². The number of amides is 3. The Balaban J connectivity index is 1.68. The van der Waals surface area contributed by atoms with Gasteiger partial charge >= 0.3 is 6.03 Å². The standard InChI is InChI=1S/C18H23Cl2N3O2/c1-12-5-3-4-8-18(12)16(24)23(17(25)21-18)11-22(2)10-13-6-7-14(19)15(20)9-13/h6-7,9,12H,3-5,8,10-11H2,1-2H3,(H,21,25)/p+1/t12-,18+/m1/s1. The molecule has 1 unspecified atom stereocenters. The normalized spacial score (nSPS) is 27.7. The van der Waals surface area contributed by atoms with E-state index in [1.807, 2.05) is 19.2 Å². The third-order valence-electron chi connectivity index (χ3n) is 5.42. The molecule has 2 aliphatic rings. The average molecular weight is 385 g/mol. The molecule has 136 valence electrons. The lowest BCUT2D eigenvalue weighted by atomic mass is 9.73. The number of quaternary nitrogens is 1. The first-order valence-electron chi connectivity index (χ1n) is 8.73. The lowest BCUT2D eigenvalue weighted by Crippen LogP contribution is -3.09. The van der Waals surface area contributed by atoms with E-state index in [0.29, 0.717) is 23.3 Å². The summed E-state index contributed by atoms with van der Waals surface area (Å²) in [4.78, 5) is 27.8. The predicted molar refractivity (Wildman–Crippen MR) is 97.7 cm³/mol. The lowest BCUT2D eigenvalue weighted by molar-refractivity contribution is -0.901. The first kappa shape index (κ1) is 18.5. The summed E-state index contributed by atoms with van der Waals surface area (Å²) < 4.78 is 0. The zero-order valence-electron chi connectivity index (χ0n) is 14.6. The molecule has 1 spiro atoms. The Bertz CT molecular complexity index is 697. The number of carbonyl (C=O) groups is 2. The van der Waals surface area contributed by atoms with Gasteiger partial charge in [-0.15, -0.1) is 0 Å². The smallest absolute Gasteiger partial charge is 0.323 e. The summed E-state index contributed by atoms with van der Waals surface area (Å²) in [5, 5.41) is 4.02. The molecule has 0 bridgehead atoms. The van der Waals surface area contributed by atoms with E-state index in [4.69, 9.17) is 23.2 Å². The monoisotopic (exact) mass is 384 g/mol. The van der Waals surface area contributed by atoms with Crippen LogP contribution < -0.4 is 10.2 Å². The van der Waals surface area contributed by atoms with Crippen LogP contribution in [0.25, 0.3) is 0 Å². The van der Waals surface area contributed by atoms with Crippen molar-refractivity contribution < 1.29 is 14.5 Å². The van der Waals surface area contributed by atoms with Gasteiger partial charge in [0.15, 0.2) is 6.67 Å². The van der Waals surface area contributed by atoms with Crippen LogP contribution in [-0.2, 0) is 11.3 Å². The van der Waals surface area contributed by atoms with Gasteiger partial charge in [0.05, 0.1) is 17.1 Å². The van der Waals surface area contributed by atoms with E-state index in [0.717, 1.165) is 36.1 Å². The first-order chi connectivity index (χ1) is 11.8. The number of benzene rings is 1. The lowest BCUT2D eigenvalue weighted by Gasteiger charge is -2.36. The zero-order chi connectivity index (χ0) is 18.2. The summed E-state index contributed by atoms with van der Waals surface area (Å²) in [6, 6.07) is 5.23. The molecule has 25 heavy (non-hydrogen) atoms. The van der Waals surface area contributed by atoms with Crippen LogP contribution in [0.1, 0.15) is 38.2 Å². The second-order valence-corrected chi connectivity index (χ2v) is 8.14. The fourth-order valence-electron chi connectivity index (χ4n) is 3.96. The Kier molecular flexibility index (Phi) is 5.28. The minimum atomic E-state index is -0.695. The van der Waals surface area contributed by atoms with Gasteiger partial charge in [0.1, 0.15) is 12.1 Å². The molecule has 3 rings (SSSR count). The maximum Gasteiger partial charge on any atom is 0.329 e. The highest BCUT2D eigenvalue weighted by Crippen LogP contribution is 2.37. The number of carbonyl (C=O) groups excluding carboxylic acids is 2. The second kappa shape index (κ2) is 7.14. The molecule has 2 N–H and O–H groups in total. The van der Waals surface area contributed by atoms with Gasteiger partial charge in [-0.25, -0.2) is 9.69 Å². The molecule has 2 fully saturated rings. The molecular weight excluding hydrogens is 361 g/mol. The molecule has 1 aromatic carbocycles.